The summed E-state index contributed by atoms with van der Waals surface area (Å²) in [5.41, 5.74) is 0.827. The first-order valence-corrected chi connectivity index (χ1v) is 7.88. The average molecular weight is 314 g/mol. The van der Waals surface area contributed by atoms with Gasteiger partial charge in [-0.1, -0.05) is 31.0 Å². The molecule has 6 nitrogen and oxygen atoms in total. The lowest BCUT2D eigenvalue weighted by Gasteiger charge is -2.05. The molecule has 0 bridgehead atoms. The molecule has 0 saturated carbocycles. The number of hydrogen-bond acceptors (Lipinski definition) is 3. The lowest BCUT2D eigenvalue weighted by molar-refractivity contribution is -0.117. The Bertz CT molecular complexity index is 596. The van der Waals surface area contributed by atoms with E-state index in [1.807, 2.05) is 30.3 Å². The minimum atomic E-state index is -0.0175. The van der Waals surface area contributed by atoms with Crippen LogP contribution in [0.2, 0.25) is 0 Å². The summed E-state index contributed by atoms with van der Waals surface area (Å²) in [5, 5.41) is 12.1. The molecule has 0 saturated heterocycles. The number of aromatic nitrogens is 2. The molecule has 1 aromatic heterocycles. The smallest absolute Gasteiger partial charge is 0.225 e. The van der Waals surface area contributed by atoms with Crippen molar-refractivity contribution in [2.24, 2.45) is 0 Å². The summed E-state index contributed by atoms with van der Waals surface area (Å²) in [5.74, 6) is 0.636. The van der Waals surface area contributed by atoms with Crippen molar-refractivity contribution < 1.29 is 9.59 Å². The topological polar surface area (TPSA) is 86.9 Å². The monoisotopic (exact) mass is 314 g/mol. The van der Waals surface area contributed by atoms with Gasteiger partial charge in [0, 0.05) is 24.6 Å². The number of rotatable bonds is 9. The normalized spacial score (nSPS) is 10.3. The lowest BCUT2D eigenvalue weighted by atomic mass is 10.1. The number of nitrogens with one attached hydrogen (secondary N) is 3. The summed E-state index contributed by atoms with van der Waals surface area (Å²) < 4.78 is 0. The third-order valence-electron chi connectivity index (χ3n) is 3.39. The van der Waals surface area contributed by atoms with Crippen LogP contribution >= 0.6 is 0 Å². The zero-order valence-corrected chi connectivity index (χ0v) is 13.0. The fourth-order valence-corrected chi connectivity index (χ4v) is 2.21. The molecule has 2 aromatic rings. The van der Waals surface area contributed by atoms with Gasteiger partial charge >= 0.3 is 0 Å². The molecule has 1 aromatic carbocycles. The number of hydrogen-bond donors (Lipinski definition) is 3. The third-order valence-corrected chi connectivity index (χ3v) is 3.39. The second-order valence-electron chi connectivity index (χ2n) is 5.35. The van der Waals surface area contributed by atoms with Crippen molar-refractivity contribution in [2.45, 2.75) is 38.5 Å². The number of anilines is 2. The van der Waals surface area contributed by atoms with E-state index in [9.17, 15) is 9.59 Å². The van der Waals surface area contributed by atoms with Crippen molar-refractivity contribution in [1.29, 1.82) is 0 Å². The van der Waals surface area contributed by atoms with Crippen molar-refractivity contribution >= 4 is 23.3 Å². The van der Waals surface area contributed by atoms with E-state index in [0.29, 0.717) is 18.7 Å². The van der Waals surface area contributed by atoms with Gasteiger partial charge in [-0.3, -0.25) is 14.7 Å². The molecule has 0 aliphatic rings. The Morgan fingerprint density at radius 2 is 1.52 bits per heavy atom. The van der Waals surface area contributed by atoms with Crippen LogP contribution in [-0.2, 0) is 9.59 Å². The molecule has 6 heteroatoms. The molecule has 23 heavy (non-hydrogen) atoms. The second-order valence-corrected chi connectivity index (χ2v) is 5.35. The quantitative estimate of drug-likeness (QED) is 0.620. The highest BCUT2D eigenvalue weighted by Gasteiger charge is 2.04. The minimum Gasteiger partial charge on any atom is -0.326 e. The molecule has 2 rings (SSSR count). The molecule has 0 spiro atoms. The minimum absolute atomic E-state index is 0.0175. The third kappa shape index (κ3) is 6.78. The van der Waals surface area contributed by atoms with Crippen molar-refractivity contribution in [1.82, 2.24) is 10.2 Å². The average Bonchev–Trinajstić information content (AvgIpc) is 3.04. The fraction of sp³-hybridized carbons (Fsp3) is 0.353. The summed E-state index contributed by atoms with van der Waals surface area (Å²) in [6.07, 6.45) is 6.12. The van der Waals surface area contributed by atoms with E-state index in [0.717, 1.165) is 31.4 Å². The first-order valence-electron chi connectivity index (χ1n) is 7.88. The Balaban J connectivity index is 1.49. The summed E-state index contributed by atoms with van der Waals surface area (Å²) in [6, 6.07) is 11.2. The maximum absolute atomic E-state index is 11.7. The molecule has 0 radical (unpaired) electrons. The molecule has 0 aliphatic carbocycles. The van der Waals surface area contributed by atoms with Gasteiger partial charge < -0.3 is 10.6 Å². The van der Waals surface area contributed by atoms with Crippen LogP contribution in [0.3, 0.4) is 0 Å². The van der Waals surface area contributed by atoms with Gasteiger partial charge in [-0.2, -0.15) is 5.10 Å². The molecule has 1 heterocycles. The van der Waals surface area contributed by atoms with Crippen molar-refractivity contribution in [3.8, 4) is 0 Å². The van der Waals surface area contributed by atoms with E-state index in [-0.39, 0.29) is 11.8 Å². The number of aromatic amines is 1. The van der Waals surface area contributed by atoms with Crippen molar-refractivity contribution in [3.05, 3.63) is 42.6 Å². The predicted octanol–water partition coefficient (Wildman–Crippen LogP) is 3.33. The number of amides is 2. The maximum atomic E-state index is 11.7. The number of para-hydroxylation sites is 1. The first kappa shape index (κ1) is 16.7. The van der Waals surface area contributed by atoms with E-state index >= 15 is 0 Å². The Labute approximate surface area is 135 Å². The van der Waals surface area contributed by atoms with Crippen LogP contribution in [0.5, 0.6) is 0 Å². The Morgan fingerprint density at radius 1 is 0.870 bits per heavy atom. The lowest BCUT2D eigenvalue weighted by Crippen LogP contribution is -2.12. The summed E-state index contributed by atoms with van der Waals surface area (Å²) >= 11 is 0. The first-order chi connectivity index (χ1) is 11.2. The van der Waals surface area contributed by atoms with Gasteiger partial charge in [0.1, 0.15) is 5.82 Å². The van der Waals surface area contributed by atoms with Gasteiger partial charge in [-0.15, -0.1) is 0 Å². The highest BCUT2D eigenvalue weighted by molar-refractivity contribution is 5.90. The van der Waals surface area contributed by atoms with E-state index in [1.54, 1.807) is 12.3 Å². The molecule has 0 fully saturated rings. The Morgan fingerprint density at radius 3 is 2.13 bits per heavy atom. The summed E-state index contributed by atoms with van der Waals surface area (Å²) in [4.78, 5) is 23.4. The molecular weight excluding hydrogens is 292 g/mol. The van der Waals surface area contributed by atoms with Gasteiger partial charge in [0.2, 0.25) is 11.8 Å². The standard InChI is InChI=1S/C17H22N4O2/c22-16(19-14-8-4-3-5-9-14)10-6-1-2-7-11-17(23)20-15-12-13-18-21-15/h3-5,8-9,12-13H,1-2,6-7,10-11H2,(H,19,22)(H2,18,20,21,23). The highest BCUT2D eigenvalue weighted by atomic mass is 16.2. The van der Waals surface area contributed by atoms with Crippen LogP contribution in [0.1, 0.15) is 38.5 Å². The summed E-state index contributed by atoms with van der Waals surface area (Å²) in [6.45, 7) is 0. The number of H-pyrrole nitrogens is 1. The van der Waals surface area contributed by atoms with Gasteiger partial charge in [-0.05, 0) is 25.0 Å². The molecule has 0 aliphatic heterocycles. The van der Waals surface area contributed by atoms with Crippen molar-refractivity contribution in [2.75, 3.05) is 10.6 Å². The van der Waals surface area contributed by atoms with Gasteiger partial charge in [-0.25, -0.2) is 0 Å². The highest BCUT2D eigenvalue weighted by Crippen LogP contribution is 2.10. The van der Waals surface area contributed by atoms with E-state index in [2.05, 4.69) is 20.8 Å². The number of carbonyl (C=O) groups is 2. The Kier molecular flexibility index (Phi) is 6.84. The molecule has 0 atom stereocenters. The van der Waals surface area contributed by atoms with E-state index in [1.165, 1.54) is 0 Å². The predicted molar refractivity (Wildman–Crippen MR) is 90.0 cm³/mol. The molecule has 3 N–H and O–H groups in total. The number of carbonyl (C=O) groups excluding carboxylic acids is 2. The van der Waals surface area contributed by atoms with Crippen LogP contribution < -0.4 is 10.6 Å². The summed E-state index contributed by atoms with van der Waals surface area (Å²) in [7, 11) is 0. The van der Waals surface area contributed by atoms with E-state index < -0.39 is 0 Å². The van der Waals surface area contributed by atoms with Crippen LogP contribution in [-0.4, -0.2) is 22.0 Å². The molecule has 0 unspecified atom stereocenters. The fourth-order valence-electron chi connectivity index (χ4n) is 2.21. The number of nitrogens with zero attached hydrogens (tertiary/aromatic N) is 1. The van der Waals surface area contributed by atoms with Crippen LogP contribution in [0.25, 0.3) is 0 Å². The van der Waals surface area contributed by atoms with Crippen molar-refractivity contribution in [3.63, 3.8) is 0 Å². The van der Waals surface area contributed by atoms with Gasteiger partial charge in [0.15, 0.2) is 0 Å². The van der Waals surface area contributed by atoms with Crippen LogP contribution in [0.4, 0.5) is 11.5 Å². The number of unbranched alkanes of at least 4 members (excludes halogenated alkanes) is 3. The maximum Gasteiger partial charge on any atom is 0.225 e. The largest absolute Gasteiger partial charge is 0.326 e. The molecular formula is C17H22N4O2. The van der Waals surface area contributed by atoms with Gasteiger partial charge in [0.25, 0.3) is 0 Å². The second kappa shape index (κ2) is 9.40. The zero-order valence-electron chi connectivity index (χ0n) is 13.0. The Hall–Kier alpha value is -2.63. The zero-order chi connectivity index (χ0) is 16.3. The van der Waals surface area contributed by atoms with Crippen LogP contribution in [0.15, 0.2) is 42.6 Å². The molecule has 122 valence electrons. The molecule has 2 amide bonds. The SMILES string of the molecule is O=C(CCCCCCC(=O)Nc1ccn[nH]1)Nc1ccccc1. The van der Waals surface area contributed by atoms with Gasteiger partial charge in [0.05, 0.1) is 6.20 Å². The van der Waals surface area contributed by atoms with E-state index in [4.69, 9.17) is 0 Å². The van der Waals surface area contributed by atoms with Crippen LogP contribution in [0, 0.1) is 0 Å². The number of benzene rings is 1.